The van der Waals surface area contributed by atoms with Crippen molar-refractivity contribution >= 4 is 39.8 Å². The van der Waals surface area contributed by atoms with Crippen molar-refractivity contribution in [1.29, 1.82) is 0 Å². The molecule has 0 heterocycles. The van der Waals surface area contributed by atoms with Gasteiger partial charge in [0.05, 0.1) is 0 Å². The number of aliphatic imine (C=N–C) groups is 1. The van der Waals surface area contributed by atoms with E-state index in [4.69, 9.17) is 27.9 Å². The molecule has 1 N–H and O–H groups in total. The molecule has 0 fully saturated rings. The molecule has 22 heavy (non-hydrogen) atoms. The molecule has 0 aromatic heterocycles. The zero-order valence-corrected chi connectivity index (χ0v) is 16.1. The van der Waals surface area contributed by atoms with Crippen LogP contribution in [-0.2, 0) is 14.7 Å². The Labute approximate surface area is 149 Å². The molecule has 2 rings (SSSR count). The number of para-hydroxylation sites is 1. The van der Waals surface area contributed by atoms with Crippen molar-refractivity contribution < 1.29 is 19.8 Å². The van der Waals surface area contributed by atoms with Gasteiger partial charge in [-0.2, -0.15) is 0 Å². The summed E-state index contributed by atoms with van der Waals surface area (Å²) in [7, 11) is 14.9. The Morgan fingerprint density at radius 1 is 1.00 bits per heavy atom. The van der Waals surface area contributed by atoms with Crippen molar-refractivity contribution in [3.63, 3.8) is 0 Å². The van der Waals surface area contributed by atoms with Gasteiger partial charge in [0.25, 0.3) is 0 Å². The van der Waals surface area contributed by atoms with Gasteiger partial charge < -0.3 is 5.11 Å². The quantitative estimate of drug-likeness (QED) is 0.479. The number of aromatic hydroxyl groups is 1. The van der Waals surface area contributed by atoms with Crippen molar-refractivity contribution in [2.75, 3.05) is 0 Å². The molecule has 0 radical (unpaired) electrons. The number of hydrogen-bond donors (Lipinski definition) is 1. The zero-order chi connectivity index (χ0) is 16.5. The Kier molecular flexibility index (Phi) is 9.15. The van der Waals surface area contributed by atoms with Crippen molar-refractivity contribution in [2.45, 2.75) is 19.8 Å². The Hall–Kier alpha value is -0.506. The summed E-state index contributed by atoms with van der Waals surface area (Å²) >= 11 is -1.92. The van der Waals surface area contributed by atoms with Gasteiger partial charge in [0.1, 0.15) is 11.4 Å². The first-order valence-electron chi connectivity index (χ1n) is 6.66. The number of hydrogen-bond acceptors (Lipinski definition) is 2. The fraction of sp³-hybridized carbons (Fsp3) is 0.188. The van der Waals surface area contributed by atoms with E-state index < -0.39 is 14.7 Å². The Morgan fingerprint density at radius 2 is 1.59 bits per heavy atom. The summed E-state index contributed by atoms with van der Waals surface area (Å²) in [5.41, 5.74) is 2.56. The van der Waals surface area contributed by atoms with Crippen LogP contribution in [0.5, 0.6) is 5.75 Å². The van der Waals surface area contributed by atoms with Gasteiger partial charge in [0.15, 0.2) is 0 Å². The number of benzene rings is 2. The van der Waals surface area contributed by atoms with Gasteiger partial charge in [-0.15, -0.1) is 0 Å². The van der Waals surface area contributed by atoms with Crippen molar-refractivity contribution in [3.8, 4) is 5.75 Å². The predicted molar refractivity (Wildman–Crippen MR) is 93.5 cm³/mol. The second kappa shape index (κ2) is 10.3. The molecule has 0 saturated heterocycles. The van der Waals surface area contributed by atoms with E-state index in [0.29, 0.717) is 5.69 Å². The normalized spacial score (nSPS) is 10.5. The minimum absolute atomic E-state index is 0.277. The number of rotatable bonds is 3. The molecular weight excluding hydrogens is 376 g/mol. The van der Waals surface area contributed by atoms with E-state index in [0.717, 1.165) is 11.1 Å². The minimum atomic E-state index is -1.92. The molecule has 0 aliphatic rings. The van der Waals surface area contributed by atoms with Gasteiger partial charge in [-0.25, -0.2) is 0 Å². The van der Waals surface area contributed by atoms with E-state index in [9.17, 15) is 5.11 Å². The first kappa shape index (κ1) is 19.5. The fourth-order valence-corrected chi connectivity index (χ4v) is 1.80. The number of phenolic OH excluding ortho intramolecular Hbond substituents is 1. The SMILES string of the molecule is CC(C)c1cccc(N=Cc2ccccc2)c1O.[Cl][Ti]([Cl])[Cl]. The van der Waals surface area contributed by atoms with Crippen LogP contribution in [0.2, 0.25) is 0 Å². The molecule has 0 bridgehead atoms. The third-order valence-corrected chi connectivity index (χ3v) is 2.82. The first-order chi connectivity index (χ1) is 10.4. The van der Waals surface area contributed by atoms with E-state index in [1.54, 1.807) is 6.21 Å². The molecule has 0 unspecified atom stereocenters. The standard InChI is InChI=1S/C16H17NO.3ClH.Ti/c1-12(2)14-9-6-10-15(16(14)18)17-11-13-7-4-3-5-8-13;;;;/h3-12,18H,1-2H3;3*1H;/q;;;;+3/p-3. The van der Waals surface area contributed by atoms with Crippen LogP contribution in [0, 0.1) is 0 Å². The third-order valence-electron chi connectivity index (χ3n) is 2.82. The first-order valence-corrected chi connectivity index (χ1v) is 13.1. The molecule has 2 aromatic carbocycles. The maximum atomic E-state index is 10.1. The summed E-state index contributed by atoms with van der Waals surface area (Å²) in [6.45, 7) is 4.11. The maximum absolute atomic E-state index is 10.1. The molecule has 117 valence electrons. The number of halogens is 3. The monoisotopic (exact) mass is 392 g/mol. The molecule has 0 saturated carbocycles. The summed E-state index contributed by atoms with van der Waals surface area (Å²) in [5, 5.41) is 10.1. The van der Waals surface area contributed by atoms with Crippen molar-refractivity contribution in [1.82, 2.24) is 0 Å². The van der Waals surface area contributed by atoms with Gasteiger partial charge >= 0.3 is 42.6 Å². The second-order valence-corrected chi connectivity index (χ2v) is 12.5. The van der Waals surface area contributed by atoms with Crippen LogP contribution in [0.1, 0.15) is 30.9 Å². The topological polar surface area (TPSA) is 32.6 Å². The summed E-state index contributed by atoms with van der Waals surface area (Å²) in [6.07, 6.45) is 1.76. The van der Waals surface area contributed by atoms with E-state index in [2.05, 4.69) is 18.8 Å². The Balaban J connectivity index is 0.000000541. The van der Waals surface area contributed by atoms with Crippen LogP contribution in [0.4, 0.5) is 5.69 Å². The molecule has 2 aromatic rings. The molecule has 0 atom stereocenters. The molecular formula is C16H17Cl3NOTi. The van der Waals surface area contributed by atoms with Gasteiger partial charge in [-0.1, -0.05) is 56.3 Å². The van der Waals surface area contributed by atoms with Crippen LogP contribution in [0.25, 0.3) is 0 Å². The van der Waals surface area contributed by atoms with E-state index >= 15 is 0 Å². The Morgan fingerprint density at radius 3 is 2.14 bits per heavy atom. The Bertz CT molecular complexity index is 601. The molecule has 2 nitrogen and oxygen atoms in total. The van der Waals surface area contributed by atoms with Gasteiger partial charge in [0.2, 0.25) is 0 Å². The van der Waals surface area contributed by atoms with Crippen LogP contribution < -0.4 is 0 Å². The summed E-state index contributed by atoms with van der Waals surface area (Å²) in [4.78, 5) is 4.34. The summed E-state index contributed by atoms with van der Waals surface area (Å²) in [6, 6.07) is 15.5. The van der Waals surface area contributed by atoms with Crippen molar-refractivity contribution in [2.24, 2.45) is 4.99 Å². The van der Waals surface area contributed by atoms with Gasteiger partial charge in [-0.3, -0.25) is 4.99 Å². The number of nitrogens with zero attached hydrogens (tertiary/aromatic N) is 1. The van der Waals surface area contributed by atoms with Crippen LogP contribution >= 0.6 is 27.9 Å². The molecule has 0 aliphatic carbocycles. The van der Waals surface area contributed by atoms with Crippen LogP contribution in [0.15, 0.2) is 53.5 Å². The van der Waals surface area contributed by atoms with E-state index in [1.807, 2.05) is 48.5 Å². The average molecular weight is 394 g/mol. The molecule has 0 spiro atoms. The van der Waals surface area contributed by atoms with Crippen molar-refractivity contribution in [3.05, 3.63) is 59.7 Å². The second-order valence-electron chi connectivity index (χ2n) is 4.75. The molecule has 0 amide bonds. The molecule has 0 aliphatic heterocycles. The van der Waals surface area contributed by atoms with Crippen LogP contribution in [-0.4, -0.2) is 11.3 Å². The number of phenols is 1. The fourth-order valence-electron chi connectivity index (χ4n) is 1.80. The van der Waals surface area contributed by atoms with E-state index in [-0.39, 0.29) is 11.7 Å². The average Bonchev–Trinajstić information content (AvgIpc) is 2.46. The van der Waals surface area contributed by atoms with Gasteiger partial charge in [0, 0.05) is 6.21 Å². The molecule has 6 heteroatoms. The summed E-state index contributed by atoms with van der Waals surface area (Å²) < 4.78 is 0. The van der Waals surface area contributed by atoms with E-state index in [1.165, 1.54) is 0 Å². The van der Waals surface area contributed by atoms with Crippen LogP contribution in [0.3, 0.4) is 0 Å². The predicted octanol–water partition coefficient (Wildman–Crippen LogP) is 6.33. The summed E-state index contributed by atoms with van der Waals surface area (Å²) in [5.74, 6) is 0.566. The zero-order valence-electron chi connectivity index (χ0n) is 12.3. The third kappa shape index (κ3) is 7.17. The van der Waals surface area contributed by atoms with Gasteiger partial charge in [-0.05, 0) is 23.1 Å².